The summed E-state index contributed by atoms with van der Waals surface area (Å²) in [7, 11) is 0. The van der Waals surface area contributed by atoms with Crippen LogP contribution in [-0.4, -0.2) is 28.8 Å². The highest BCUT2D eigenvalue weighted by Gasteiger charge is 2.31. The van der Waals surface area contributed by atoms with Crippen LogP contribution in [0.25, 0.3) is 0 Å². The number of aromatic nitrogens is 1. The van der Waals surface area contributed by atoms with Crippen LogP contribution in [0.2, 0.25) is 0 Å². The Morgan fingerprint density at radius 3 is 2.80 bits per heavy atom. The van der Waals surface area contributed by atoms with Crippen molar-refractivity contribution >= 4 is 11.5 Å². The van der Waals surface area contributed by atoms with Crippen molar-refractivity contribution in [2.24, 2.45) is 5.92 Å². The molecule has 0 spiro atoms. The summed E-state index contributed by atoms with van der Waals surface area (Å²) in [6, 6.07) is 3.95. The van der Waals surface area contributed by atoms with Crippen LogP contribution < -0.4 is 10.6 Å². The number of hydrogen-bond acceptors (Lipinski definition) is 4. The monoisotopic (exact) mass is 277 g/mol. The lowest BCUT2D eigenvalue weighted by Gasteiger charge is -2.35. The van der Waals surface area contributed by atoms with E-state index in [0.717, 1.165) is 56.1 Å². The second-order valence-electron chi connectivity index (χ2n) is 6.12. The Hall–Kier alpha value is -1.29. The minimum absolute atomic E-state index is 0.549. The molecule has 0 aliphatic heterocycles. The highest BCUT2D eigenvalue weighted by Crippen LogP contribution is 2.32. The third-order valence-electron chi connectivity index (χ3n) is 4.14. The summed E-state index contributed by atoms with van der Waals surface area (Å²) < 4.78 is 0. The van der Waals surface area contributed by atoms with E-state index in [9.17, 15) is 5.11 Å². The molecule has 1 aromatic rings. The summed E-state index contributed by atoms with van der Waals surface area (Å²) in [5.41, 5.74) is 0.470. The molecule has 2 rings (SSSR count). The van der Waals surface area contributed by atoms with Gasteiger partial charge < -0.3 is 15.7 Å². The van der Waals surface area contributed by atoms with Crippen LogP contribution in [0.4, 0.5) is 11.5 Å². The van der Waals surface area contributed by atoms with Crippen LogP contribution in [0.1, 0.15) is 46.0 Å². The molecule has 1 aromatic heterocycles. The summed E-state index contributed by atoms with van der Waals surface area (Å²) in [4.78, 5) is 4.29. The molecule has 0 aromatic carbocycles. The molecule has 0 amide bonds. The average molecular weight is 277 g/mol. The van der Waals surface area contributed by atoms with Crippen LogP contribution >= 0.6 is 0 Å². The minimum atomic E-state index is -0.549. The first-order valence-corrected chi connectivity index (χ1v) is 7.77. The molecule has 0 atom stereocenters. The second-order valence-corrected chi connectivity index (χ2v) is 6.12. The van der Waals surface area contributed by atoms with E-state index in [4.69, 9.17) is 0 Å². The van der Waals surface area contributed by atoms with Crippen molar-refractivity contribution in [1.29, 1.82) is 0 Å². The Morgan fingerprint density at radius 1 is 1.35 bits per heavy atom. The standard InChI is InChI=1S/C16H27N3O/c1-3-9-17-15-11-14(6-10-18-15)19-12-16(20)7-4-13(2)5-8-16/h6,10-11,13,20H,3-5,7-9,12H2,1-2H3,(H2,17,18,19). The number of pyridine rings is 1. The normalized spacial score (nSPS) is 26.2. The van der Waals surface area contributed by atoms with Crippen LogP contribution in [0.15, 0.2) is 18.3 Å². The van der Waals surface area contributed by atoms with Gasteiger partial charge in [-0.15, -0.1) is 0 Å². The molecule has 0 saturated heterocycles. The molecule has 1 aliphatic carbocycles. The van der Waals surface area contributed by atoms with E-state index in [-0.39, 0.29) is 0 Å². The lowest BCUT2D eigenvalue weighted by molar-refractivity contribution is 0.00501. The van der Waals surface area contributed by atoms with Crippen molar-refractivity contribution in [2.45, 2.75) is 51.6 Å². The topological polar surface area (TPSA) is 57.2 Å². The average Bonchev–Trinajstić information content (AvgIpc) is 2.47. The van der Waals surface area contributed by atoms with Crippen LogP contribution in [-0.2, 0) is 0 Å². The van der Waals surface area contributed by atoms with Crippen LogP contribution in [0.5, 0.6) is 0 Å². The van der Waals surface area contributed by atoms with Gasteiger partial charge >= 0.3 is 0 Å². The van der Waals surface area contributed by atoms with Crippen molar-refractivity contribution in [3.05, 3.63) is 18.3 Å². The van der Waals surface area contributed by atoms with Gasteiger partial charge in [0.25, 0.3) is 0 Å². The third-order valence-corrected chi connectivity index (χ3v) is 4.14. The summed E-state index contributed by atoms with van der Waals surface area (Å²) >= 11 is 0. The van der Waals surface area contributed by atoms with E-state index < -0.39 is 5.60 Å². The van der Waals surface area contributed by atoms with Gasteiger partial charge in [0.2, 0.25) is 0 Å². The van der Waals surface area contributed by atoms with Crippen molar-refractivity contribution in [2.75, 3.05) is 23.7 Å². The van der Waals surface area contributed by atoms with E-state index in [0.29, 0.717) is 6.54 Å². The van der Waals surface area contributed by atoms with Crippen LogP contribution in [0.3, 0.4) is 0 Å². The zero-order valence-corrected chi connectivity index (χ0v) is 12.7. The Kier molecular flexibility index (Phi) is 5.24. The van der Waals surface area contributed by atoms with Gasteiger partial charge in [0.15, 0.2) is 0 Å². The van der Waals surface area contributed by atoms with Gasteiger partial charge in [0.1, 0.15) is 5.82 Å². The van der Waals surface area contributed by atoms with E-state index in [1.165, 1.54) is 0 Å². The van der Waals surface area contributed by atoms with E-state index >= 15 is 0 Å². The van der Waals surface area contributed by atoms with Gasteiger partial charge in [0.05, 0.1) is 5.60 Å². The molecule has 1 aliphatic rings. The van der Waals surface area contributed by atoms with Gasteiger partial charge in [-0.2, -0.15) is 0 Å². The Labute approximate surface area is 122 Å². The highest BCUT2D eigenvalue weighted by atomic mass is 16.3. The number of hydrogen-bond donors (Lipinski definition) is 3. The number of anilines is 2. The largest absolute Gasteiger partial charge is 0.388 e. The highest BCUT2D eigenvalue weighted by molar-refractivity contribution is 5.52. The third kappa shape index (κ3) is 4.37. The number of rotatable bonds is 6. The zero-order valence-electron chi connectivity index (χ0n) is 12.7. The minimum Gasteiger partial charge on any atom is -0.388 e. The summed E-state index contributed by atoms with van der Waals surface area (Å²) in [5, 5.41) is 17.2. The molecule has 112 valence electrons. The molecule has 4 heteroatoms. The quantitative estimate of drug-likeness (QED) is 0.747. The van der Waals surface area contributed by atoms with E-state index in [1.54, 1.807) is 6.20 Å². The second kappa shape index (κ2) is 6.93. The predicted octanol–water partition coefficient (Wildman–Crippen LogP) is 3.26. The molecule has 20 heavy (non-hydrogen) atoms. The molecule has 3 N–H and O–H groups in total. The molecule has 1 heterocycles. The molecule has 1 fully saturated rings. The fourth-order valence-electron chi connectivity index (χ4n) is 2.63. The predicted molar refractivity (Wildman–Crippen MR) is 84.1 cm³/mol. The number of aliphatic hydroxyl groups is 1. The number of nitrogens with one attached hydrogen (secondary N) is 2. The maximum atomic E-state index is 10.6. The van der Waals surface area contributed by atoms with Gasteiger partial charge in [-0.1, -0.05) is 13.8 Å². The van der Waals surface area contributed by atoms with E-state index in [2.05, 4.69) is 29.5 Å². The van der Waals surface area contributed by atoms with Gasteiger partial charge in [-0.25, -0.2) is 4.98 Å². The molecular weight excluding hydrogens is 250 g/mol. The molecular formula is C16H27N3O. The Morgan fingerprint density at radius 2 is 2.10 bits per heavy atom. The van der Waals surface area contributed by atoms with E-state index in [1.807, 2.05) is 12.1 Å². The first-order chi connectivity index (χ1) is 9.61. The van der Waals surface area contributed by atoms with Gasteiger partial charge in [-0.05, 0) is 44.1 Å². The molecule has 0 radical (unpaired) electrons. The van der Waals surface area contributed by atoms with Crippen molar-refractivity contribution in [1.82, 2.24) is 4.98 Å². The van der Waals surface area contributed by atoms with Gasteiger partial charge in [0, 0.05) is 31.0 Å². The lowest BCUT2D eigenvalue weighted by atomic mass is 9.79. The molecule has 0 unspecified atom stereocenters. The van der Waals surface area contributed by atoms with Crippen molar-refractivity contribution in [3.8, 4) is 0 Å². The maximum absolute atomic E-state index is 10.6. The fraction of sp³-hybridized carbons (Fsp3) is 0.688. The first-order valence-electron chi connectivity index (χ1n) is 7.77. The van der Waals surface area contributed by atoms with Gasteiger partial charge in [-0.3, -0.25) is 0 Å². The zero-order chi connectivity index (χ0) is 14.4. The Balaban J connectivity index is 1.87. The fourth-order valence-corrected chi connectivity index (χ4v) is 2.63. The SMILES string of the molecule is CCCNc1cc(NCC2(O)CCC(C)CC2)ccn1. The molecule has 1 saturated carbocycles. The summed E-state index contributed by atoms with van der Waals surface area (Å²) in [5.74, 6) is 1.64. The number of nitrogens with zero attached hydrogens (tertiary/aromatic N) is 1. The maximum Gasteiger partial charge on any atom is 0.127 e. The Bertz CT molecular complexity index is 414. The molecule has 0 bridgehead atoms. The summed E-state index contributed by atoms with van der Waals surface area (Å²) in [6.45, 7) is 5.95. The first kappa shape index (κ1) is 15.1. The van der Waals surface area contributed by atoms with Crippen molar-refractivity contribution < 1.29 is 5.11 Å². The molecule has 4 nitrogen and oxygen atoms in total. The van der Waals surface area contributed by atoms with Crippen LogP contribution in [0, 0.1) is 5.92 Å². The lowest BCUT2D eigenvalue weighted by Crippen LogP contribution is -2.40. The summed E-state index contributed by atoms with van der Waals surface area (Å²) in [6.07, 6.45) is 6.92. The van der Waals surface area contributed by atoms with Crippen molar-refractivity contribution in [3.63, 3.8) is 0 Å². The smallest absolute Gasteiger partial charge is 0.127 e.